The zero-order valence-electron chi connectivity index (χ0n) is 12.6. The first-order valence-electron chi connectivity index (χ1n) is 7.29. The second-order valence-electron chi connectivity index (χ2n) is 5.29. The molecule has 0 bridgehead atoms. The molecule has 1 aromatic heterocycles. The zero-order chi connectivity index (χ0) is 17.1. The van der Waals surface area contributed by atoms with Crippen molar-refractivity contribution in [1.29, 1.82) is 5.26 Å². The number of anilines is 1. The summed E-state index contributed by atoms with van der Waals surface area (Å²) in [4.78, 5) is 29.0. The van der Waals surface area contributed by atoms with E-state index in [9.17, 15) is 9.59 Å². The quantitative estimate of drug-likeness (QED) is 0.874. The summed E-state index contributed by atoms with van der Waals surface area (Å²) in [5.41, 5.74) is 6.19. The van der Waals surface area contributed by atoms with Crippen LogP contribution >= 0.6 is 0 Å². The van der Waals surface area contributed by atoms with Crippen molar-refractivity contribution in [1.82, 2.24) is 15.0 Å². The molecule has 9 nitrogen and oxygen atoms in total. The molecule has 2 aromatic rings. The SMILES string of the molecule is N#Cc1ccc(NC(=O)N2CCC[C@@H]2c2nc(C(N)=O)no2)cc1. The van der Waals surface area contributed by atoms with Crippen LogP contribution in [-0.4, -0.2) is 33.5 Å². The van der Waals surface area contributed by atoms with E-state index in [4.69, 9.17) is 15.5 Å². The molecule has 3 rings (SSSR count). The first-order valence-corrected chi connectivity index (χ1v) is 7.29. The third-order valence-electron chi connectivity index (χ3n) is 3.73. The predicted molar refractivity (Wildman–Crippen MR) is 81.7 cm³/mol. The van der Waals surface area contributed by atoms with Gasteiger partial charge in [-0.25, -0.2) is 4.79 Å². The molecule has 1 atom stereocenters. The van der Waals surface area contributed by atoms with E-state index in [0.29, 0.717) is 24.2 Å². The number of aromatic nitrogens is 2. The summed E-state index contributed by atoms with van der Waals surface area (Å²) in [6.45, 7) is 0.529. The summed E-state index contributed by atoms with van der Waals surface area (Å²) in [6, 6.07) is 7.84. The van der Waals surface area contributed by atoms with Crippen molar-refractivity contribution in [3.8, 4) is 6.07 Å². The number of amides is 3. The van der Waals surface area contributed by atoms with Crippen molar-refractivity contribution in [2.24, 2.45) is 5.73 Å². The molecule has 0 unspecified atom stereocenters. The van der Waals surface area contributed by atoms with Gasteiger partial charge in [0, 0.05) is 12.2 Å². The van der Waals surface area contributed by atoms with E-state index in [1.807, 2.05) is 6.07 Å². The van der Waals surface area contributed by atoms with Gasteiger partial charge in [0.15, 0.2) is 0 Å². The Labute approximate surface area is 137 Å². The number of primary amides is 1. The molecule has 1 aliphatic heterocycles. The summed E-state index contributed by atoms with van der Waals surface area (Å²) in [5, 5.41) is 15.1. The predicted octanol–water partition coefficient (Wildman–Crippen LogP) is 1.41. The Balaban J connectivity index is 1.73. The zero-order valence-corrected chi connectivity index (χ0v) is 12.6. The van der Waals surface area contributed by atoms with Crippen LogP contribution in [0.5, 0.6) is 0 Å². The molecule has 9 heteroatoms. The minimum absolute atomic E-state index is 0.191. The van der Waals surface area contributed by atoms with Crippen LogP contribution in [0, 0.1) is 11.3 Å². The maximum atomic E-state index is 12.5. The topological polar surface area (TPSA) is 138 Å². The monoisotopic (exact) mass is 326 g/mol. The van der Waals surface area contributed by atoms with E-state index in [2.05, 4.69) is 15.5 Å². The van der Waals surface area contributed by atoms with Gasteiger partial charge in [0.05, 0.1) is 11.6 Å². The van der Waals surface area contributed by atoms with Gasteiger partial charge in [-0.3, -0.25) is 4.79 Å². The highest BCUT2D eigenvalue weighted by molar-refractivity contribution is 5.90. The molecule has 3 amide bonds. The lowest BCUT2D eigenvalue weighted by molar-refractivity contribution is 0.0987. The Morgan fingerprint density at radius 2 is 2.12 bits per heavy atom. The summed E-state index contributed by atoms with van der Waals surface area (Å²) in [5.74, 6) is -0.794. The van der Waals surface area contributed by atoms with Gasteiger partial charge in [0.1, 0.15) is 6.04 Å². The standard InChI is InChI=1S/C15H14N6O3/c16-8-9-3-5-10(6-4-9)18-15(23)21-7-1-2-11(21)14-19-13(12(17)22)20-24-14/h3-6,11H,1-2,7H2,(H2,17,22)(H,18,23)/t11-/m1/s1. The molecule has 3 N–H and O–H groups in total. The molecule has 0 radical (unpaired) electrons. The number of hydrogen-bond acceptors (Lipinski definition) is 6. The van der Waals surface area contributed by atoms with Crippen molar-refractivity contribution >= 4 is 17.6 Å². The Morgan fingerprint density at radius 3 is 2.75 bits per heavy atom. The highest BCUT2D eigenvalue weighted by Gasteiger charge is 2.34. The fourth-order valence-corrected chi connectivity index (χ4v) is 2.56. The fourth-order valence-electron chi connectivity index (χ4n) is 2.56. The average Bonchev–Trinajstić information content (AvgIpc) is 3.24. The highest BCUT2D eigenvalue weighted by atomic mass is 16.5. The van der Waals surface area contributed by atoms with Crippen molar-refractivity contribution < 1.29 is 14.1 Å². The molecule has 122 valence electrons. The number of nitrogens with two attached hydrogens (primary N) is 1. The van der Waals surface area contributed by atoms with Crippen LogP contribution < -0.4 is 11.1 Å². The Bertz CT molecular complexity index is 807. The molecule has 0 spiro atoms. The number of likely N-dealkylation sites (tertiary alicyclic amines) is 1. The summed E-state index contributed by atoms with van der Waals surface area (Å²) in [6.07, 6.45) is 1.43. The minimum atomic E-state index is -0.781. The molecular formula is C15H14N6O3. The van der Waals surface area contributed by atoms with Gasteiger partial charge in [-0.2, -0.15) is 10.2 Å². The maximum absolute atomic E-state index is 12.5. The van der Waals surface area contributed by atoms with Gasteiger partial charge >= 0.3 is 6.03 Å². The lowest BCUT2D eigenvalue weighted by atomic mass is 10.2. The minimum Gasteiger partial charge on any atom is -0.363 e. The van der Waals surface area contributed by atoms with E-state index in [0.717, 1.165) is 6.42 Å². The molecule has 24 heavy (non-hydrogen) atoms. The molecule has 0 saturated carbocycles. The molecular weight excluding hydrogens is 312 g/mol. The van der Waals surface area contributed by atoms with Gasteiger partial charge in [-0.1, -0.05) is 5.16 Å². The molecule has 1 aliphatic rings. The third kappa shape index (κ3) is 3.03. The van der Waals surface area contributed by atoms with Gasteiger partial charge < -0.3 is 20.5 Å². The lowest BCUT2D eigenvalue weighted by Gasteiger charge is -2.22. The van der Waals surface area contributed by atoms with Crippen molar-refractivity contribution in [2.45, 2.75) is 18.9 Å². The second kappa shape index (κ2) is 6.37. The second-order valence-corrected chi connectivity index (χ2v) is 5.29. The number of hydrogen-bond donors (Lipinski definition) is 2. The number of carbonyl (C=O) groups excluding carboxylic acids is 2. The van der Waals surface area contributed by atoms with Crippen molar-refractivity contribution in [2.75, 3.05) is 11.9 Å². The van der Waals surface area contributed by atoms with Crippen LogP contribution in [0.15, 0.2) is 28.8 Å². The fraction of sp³-hybridized carbons (Fsp3) is 0.267. The number of nitrogens with one attached hydrogen (secondary N) is 1. The summed E-state index contributed by atoms with van der Waals surface area (Å²) in [7, 11) is 0. The molecule has 2 heterocycles. The first kappa shape index (κ1) is 15.5. The summed E-state index contributed by atoms with van der Waals surface area (Å²) < 4.78 is 5.05. The van der Waals surface area contributed by atoms with Crippen LogP contribution in [0.4, 0.5) is 10.5 Å². The lowest BCUT2D eigenvalue weighted by Crippen LogP contribution is -2.34. The third-order valence-corrected chi connectivity index (χ3v) is 3.73. The van der Waals surface area contributed by atoms with Crippen molar-refractivity contribution in [3.05, 3.63) is 41.5 Å². The molecule has 0 aliphatic carbocycles. The van der Waals surface area contributed by atoms with Gasteiger partial charge in [0.25, 0.3) is 11.7 Å². The smallest absolute Gasteiger partial charge is 0.322 e. The van der Waals surface area contributed by atoms with Crippen LogP contribution in [0.1, 0.15) is 41.0 Å². The van der Waals surface area contributed by atoms with Crippen LogP contribution in [0.2, 0.25) is 0 Å². The molecule has 1 saturated heterocycles. The van der Waals surface area contributed by atoms with Crippen LogP contribution in [-0.2, 0) is 0 Å². The number of carbonyl (C=O) groups is 2. The van der Waals surface area contributed by atoms with Gasteiger partial charge in [0.2, 0.25) is 5.89 Å². The number of rotatable bonds is 3. The Kier molecular flexibility index (Phi) is 4.11. The van der Waals surface area contributed by atoms with E-state index < -0.39 is 11.9 Å². The van der Waals surface area contributed by atoms with Gasteiger partial charge in [-0.05, 0) is 37.1 Å². The number of benzene rings is 1. The van der Waals surface area contributed by atoms with E-state index in [1.165, 1.54) is 0 Å². The van der Waals surface area contributed by atoms with Gasteiger partial charge in [-0.15, -0.1) is 0 Å². The average molecular weight is 326 g/mol. The number of nitriles is 1. The Morgan fingerprint density at radius 1 is 1.38 bits per heavy atom. The molecule has 1 aromatic carbocycles. The van der Waals surface area contributed by atoms with E-state index in [1.54, 1.807) is 29.2 Å². The molecule has 1 fully saturated rings. The number of urea groups is 1. The Hall–Kier alpha value is -3.41. The number of nitrogens with zero attached hydrogens (tertiary/aromatic N) is 4. The normalized spacial score (nSPS) is 16.6. The highest BCUT2D eigenvalue weighted by Crippen LogP contribution is 2.31. The van der Waals surface area contributed by atoms with E-state index >= 15 is 0 Å². The van der Waals surface area contributed by atoms with E-state index in [-0.39, 0.29) is 17.7 Å². The first-order chi connectivity index (χ1) is 11.6. The largest absolute Gasteiger partial charge is 0.363 e. The summed E-state index contributed by atoms with van der Waals surface area (Å²) >= 11 is 0. The van der Waals surface area contributed by atoms with Crippen LogP contribution in [0.25, 0.3) is 0 Å². The maximum Gasteiger partial charge on any atom is 0.322 e. The van der Waals surface area contributed by atoms with Crippen molar-refractivity contribution in [3.63, 3.8) is 0 Å². The van der Waals surface area contributed by atoms with Crippen LogP contribution in [0.3, 0.4) is 0 Å².